The van der Waals surface area contributed by atoms with E-state index in [1.165, 1.54) is 6.42 Å². The third-order valence-corrected chi connectivity index (χ3v) is 7.63. The molecular weight excluding hydrogens is 520 g/mol. The molecule has 10 heteroatoms. The molecule has 10 nitrogen and oxygen atoms in total. The number of hydrogen-bond donors (Lipinski definition) is 7. The van der Waals surface area contributed by atoms with Crippen molar-refractivity contribution in [2.75, 3.05) is 72.7 Å². The van der Waals surface area contributed by atoms with Crippen LogP contribution in [0.3, 0.4) is 0 Å². The average molecular weight is 585 g/mol. The lowest BCUT2D eigenvalue weighted by Gasteiger charge is -2.49. The van der Waals surface area contributed by atoms with Crippen LogP contribution in [0.25, 0.3) is 0 Å². The molecule has 0 saturated heterocycles. The summed E-state index contributed by atoms with van der Waals surface area (Å²) in [6.07, 6.45) is 7.75. The first kappa shape index (κ1) is 41.7. The molecule has 1 aliphatic carbocycles. The van der Waals surface area contributed by atoms with Crippen molar-refractivity contribution in [3.05, 3.63) is 0 Å². The predicted octanol–water partition coefficient (Wildman–Crippen LogP) is 2.48. The zero-order valence-corrected chi connectivity index (χ0v) is 26.2. The molecule has 0 radical (unpaired) electrons. The van der Waals surface area contributed by atoms with Gasteiger partial charge in [0.25, 0.3) is 0 Å². The lowest BCUT2D eigenvalue weighted by molar-refractivity contribution is -0.110. The Labute approximate surface area is 243 Å². The molecule has 3 atom stereocenters. The second-order valence-electron chi connectivity index (χ2n) is 12.1. The van der Waals surface area contributed by atoms with Gasteiger partial charge in [-0.15, -0.1) is 0 Å². The lowest BCUT2D eigenvalue weighted by atomic mass is 9.57. The Kier molecular flexibility index (Phi) is 26.2. The summed E-state index contributed by atoms with van der Waals surface area (Å²) >= 11 is 0. The van der Waals surface area contributed by atoms with Gasteiger partial charge >= 0.3 is 0 Å². The van der Waals surface area contributed by atoms with E-state index in [9.17, 15) is 15.3 Å². The van der Waals surface area contributed by atoms with E-state index in [4.69, 9.17) is 34.6 Å². The van der Waals surface area contributed by atoms with Gasteiger partial charge in [0.05, 0.1) is 66.1 Å². The molecule has 244 valence electrons. The second kappa shape index (κ2) is 25.1. The largest absolute Gasteiger partial charge is 0.396 e. The fourth-order valence-electron chi connectivity index (χ4n) is 4.83. The van der Waals surface area contributed by atoms with Crippen LogP contribution in [0.1, 0.15) is 92.4 Å². The molecule has 7 N–H and O–H groups in total. The monoisotopic (exact) mass is 584 g/mol. The summed E-state index contributed by atoms with van der Waals surface area (Å²) in [4.78, 5) is 0. The van der Waals surface area contributed by atoms with E-state index in [0.29, 0.717) is 38.8 Å². The Bertz CT molecular complexity index is 531. The smallest absolute Gasteiger partial charge is 0.154 e. The van der Waals surface area contributed by atoms with Crippen LogP contribution in [0, 0.1) is 22.2 Å². The minimum Gasteiger partial charge on any atom is -0.396 e. The van der Waals surface area contributed by atoms with Gasteiger partial charge < -0.3 is 50.0 Å². The molecule has 40 heavy (non-hydrogen) atoms. The first-order valence-corrected chi connectivity index (χ1v) is 15.1. The fraction of sp³-hybridized carbons (Fsp3) is 1.00. The van der Waals surface area contributed by atoms with Crippen LogP contribution >= 0.6 is 0 Å². The molecule has 0 spiro atoms. The highest BCUT2D eigenvalue weighted by atomic mass is 16.6. The van der Waals surface area contributed by atoms with Crippen LogP contribution in [0.4, 0.5) is 0 Å². The second-order valence-corrected chi connectivity index (χ2v) is 12.1. The maximum Gasteiger partial charge on any atom is 0.154 e. The van der Waals surface area contributed by atoms with Gasteiger partial charge in [0.1, 0.15) is 0 Å². The zero-order valence-electron chi connectivity index (χ0n) is 26.2. The lowest BCUT2D eigenvalue weighted by Crippen LogP contribution is -2.50. The maximum atomic E-state index is 10.2. The third-order valence-electron chi connectivity index (χ3n) is 7.63. The van der Waals surface area contributed by atoms with Gasteiger partial charge in [-0.25, -0.2) is 0 Å². The summed E-state index contributed by atoms with van der Waals surface area (Å²) in [5.74, 6) is 0.677. The number of rotatable bonds is 18. The first-order valence-electron chi connectivity index (χ1n) is 15.1. The Balaban J connectivity index is 0. The summed E-state index contributed by atoms with van der Waals surface area (Å²) < 4.78 is 14.5. The number of hydrogen-bond acceptors (Lipinski definition) is 10. The summed E-state index contributed by atoms with van der Waals surface area (Å²) in [6.45, 7) is 12.7. The SMILES string of the molecule is CC1CCCC(CO)(C(CO)(CO)CCC(C)(C)C)CC1.CCCC(O)OCCO.OCCOCCOCCO. The minimum atomic E-state index is -0.692. The van der Waals surface area contributed by atoms with Gasteiger partial charge in [-0.05, 0) is 43.4 Å². The Morgan fingerprint density at radius 3 is 1.75 bits per heavy atom. The van der Waals surface area contributed by atoms with Gasteiger partial charge in [-0.3, -0.25) is 0 Å². The number of ether oxygens (including phenoxy) is 3. The molecule has 1 fully saturated rings. The van der Waals surface area contributed by atoms with Crippen molar-refractivity contribution in [1.29, 1.82) is 0 Å². The third kappa shape index (κ3) is 18.9. The van der Waals surface area contributed by atoms with Gasteiger partial charge in [-0.2, -0.15) is 0 Å². The molecule has 1 aliphatic rings. The van der Waals surface area contributed by atoms with E-state index >= 15 is 0 Å². The predicted molar refractivity (Wildman–Crippen MR) is 157 cm³/mol. The topological polar surface area (TPSA) is 169 Å². The molecule has 0 aromatic rings. The van der Waals surface area contributed by atoms with Crippen molar-refractivity contribution in [2.24, 2.45) is 22.2 Å². The quantitative estimate of drug-likeness (QED) is 0.0722. The van der Waals surface area contributed by atoms with Crippen molar-refractivity contribution < 1.29 is 50.0 Å². The average Bonchev–Trinajstić information content (AvgIpc) is 3.13. The van der Waals surface area contributed by atoms with Crippen LogP contribution in [0.2, 0.25) is 0 Å². The van der Waals surface area contributed by atoms with Crippen LogP contribution in [-0.2, 0) is 14.2 Å². The van der Waals surface area contributed by atoms with Crippen molar-refractivity contribution in [2.45, 2.75) is 98.7 Å². The molecule has 0 amide bonds. The van der Waals surface area contributed by atoms with Gasteiger partial charge in [-0.1, -0.05) is 60.3 Å². The maximum absolute atomic E-state index is 10.2. The van der Waals surface area contributed by atoms with E-state index in [1.54, 1.807) is 0 Å². The molecule has 0 aromatic carbocycles. The molecule has 1 rings (SSSR count). The van der Waals surface area contributed by atoms with Crippen LogP contribution in [0.5, 0.6) is 0 Å². The van der Waals surface area contributed by atoms with Crippen molar-refractivity contribution >= 4 is 0 Å². The van der Waals surface area contributed by atoms with Crippen molar-refractivity contribution in [1.82, 2.24) is 0 Å². The molecular formula is C30H64O10. The van der Waals surface area contributed by atoms with Crippen molar-refractivity contribution in [3.63, 3.8) is 0 Å². The van der Waals surface area contributed by atoms with E-state index in [2.05, 4.69) is 27.7 Å². The Hall–Kier alpha value is -0.400. The zero-order chi connectivity index (χ0) is 30.9. The van der Waals surface area contributed by atoms with Crippen LogP contribution in [-0.4, -0.2) is 115 Å². The van der Waals surface area contributed by atoms with Gasteiger partial charge in [0.2, 0.25) is 0 Å². The molecule has 0 heterocycles. The molecule has 3 unspecified atom stereocenters. The summed E-state index contributed by atoms with van der Waals surface area (Å²) in [5, 5.41) is 64.0. The Morgan fingerprint density at radius 2 is 1.32 bits per heavy atom. The van der Waals surface area contributed by atoms with E-state index in [-0.39, 0.29) is 57.1 Å². The number of aliphatic hydroxyl groups is 7. The summed E-state index contributed by atoms with van der Waals surface area (Å²) in [7, 11) is 0. The van der Waals surface area contributed by atoms with Gasteiger partial charge in [0, 0.05) is 17.4 Å². The van der Waals surface area contributed by atoms with Crippen LogP contribution in [0.15, 0.2) is 0 Å². The van der Waals surface area contributed by atoms with Crippen molar-refractivity contribution in [3.8, 4) is 0 Å². The standard InChI is InChI=1S/C18H36O3.C6H14O4.C6H14O3/c1-15-6-5-8-17(12-19,9-7-15)18(13-20,14-21)11-10-16(2,3)4;7-1-3-9-5-6-10-4-2-8;1-2-3-6(8)9-5-4-7/h15,19-21H,5-14H2,1-4H3;7-8H,1-6H2;6-8H,2-5H2,1H3. The van der Waals surface area contributed by atoms with E-state index in [0.717, 1.165) is 44.9 Å². The highest BCUT2D eigenvalue weighted by Gasteiger charge is 2.50. The molecule has 0 aliphatic heterocycles. The normalized spacial score (nSPS) is 20.6. The Morgan fingerprint density at radius 1 is 0.775 bits per heavy atom. The van der Waals surface area contributed by atoms with Gasteiger partial charge in [0.15, 0.2) is 6.29 Å². The molecule has 0 bridgehead atoms. The minimum absolute atomic E-state index is 0.0270. The first-order chi connectivity index (χ1) is 19.0. The summed E-state index contributed by atoms with van der Waals surface area (Å²) in [5.41, 5.74) is -0.712. The highest BCUT2D eigenvalue weighted by molar-refractivity contribution is 4.99. The van der Waals surface area contributed by atoms with Crippen LogP contribution < -0.4 is 0 Å². The van der Waals surface area contributed by atoms with E-state index in [1.807, 2.05) is 6.92 Å². The molecule has 0 aromatic heterocycles. The number of aliphatic hydroxyl groups excluding tert-OH is 7. The highest BCUT2D eigenvalue weighted by Crippen LogP contribution is 2.52. The fourth-order valence-corrected chi connectivity index (χ4v) is 4.83. The van der Waals surface area contributed by atoms with E-state index < -0.39 is 11.7 Å². The molecule has 1 saturated carbocycles. The summed E-state index contributed by atoms with van der Waals surface area (Å²) in [6, 6.07) is 0.